The molecule has 4 heteroatoms. The first kappa shape index (κ1) is 8.50. The molecule has 0 saturated carbocycles. The Kier molecular flexibility index (Phi) is 3.05. The molecule has 0 spiro atoms. The van der Waals surface area contributed by atoms with Crippen LogP contribution in [0.2, 0.25) is 0 Å². The fraction of sp³-hybridized carbons (Fsp3) is 0.250. The molecule has 1 aromatic heterocycles. The van der Waals surface area contributed by atoms with Crippen molar-refractivity contribution in [2.45, 2.75) is 6.10 Å². The van der Waals surface area contributed by atoms with Gasteiger partial charge < -0.3 is 9.84 Å². The van der Waals surface area contributed by atoms with Crippen LogP contribution in [0.5, 0.6) is 5.88 Å². The Balaban J connectivity index is 2.40. The number of hydrogen-bond acceptors (Lipinski definition) is 4. The van der Waals surface area contributed by atoms with Crippen molar-refractivity contribution < 1.29 is 9.84 Å². The van der Waals surface area contributed by atoms with Crippen LogP contribution in [0.25, 0.3) is 0 Å². The monoisotopic (exact) mass is 164 g/mol. The summed E-state index contributed by atoms with van der Waals surface area (Å²) in [6.45, 7) is -0.0481. The maximum absolute atomic E-state index is 8.81. The minimum atomic E-state index is -1.09. The minimum absolute atomic E-state index is 0.0481. The Labute approximate surface area is 70.0 Å². The summed E-state index contributed by atoms with van der Waals surface area (Å²) in [5.74, 6) is 0.409. The molecular weight excluding hydrogens is 156 g/mol. The Bertz CT molecular complexity index is 268. The van der Waals surface area contributed by atoms with Crippen molar-refractivity contribution in [3.63, 3.8) is 0 Å². The summed E-state index contributed by atoms with van der Waals surface area (Å²) >= 11 is 0. The highest BCUT2D eigenvalue weighted by Crippen LogP contribution is 2.02. The highest BCUT2D eigenvalue weighted by Gasteiger charge is 2.01. The zero-order valence-electron chi connectivity index (χ0n) is 6.34. The van der Waals surface area contributed by atoms with Crippen molar-refractivity contribution in [2.75, 3.05) is 6.61 Å². The minimum Gasteiger partial charge on any atom is -0.474 e. The van der Waals surface area contributed by atoms with Gasteiger partial charge in [-0.2, -0.15) is 5.26 Å². The Morgan fingerprint density at radius 1 is 1.67 bits per heavy atom. The number of aliphatic hydroxyl groups is 1. The second-order valence-electron chi connectivity index (χ2n) is 2.12. The standard InChI is InChI=1S/C8H8N2O2/c9-5-7(11)6-12-8-3-1-2-4-10-8/h1-4,7,11H,6H2. The van der Waals surface area contributed by atoms with Crippen LogP contribution in [0, 0.1) is 11.3 Å². The van der Waals surface area contributed by atoms with E-state index in [1.54, 1.807) is 30.5 Å². The number of rotatable bonds is 3. The van der Waals surface area contributed by atoms with Gasteiger partial charge in [0, 0.05) is 12.3 Å². The molecule has 0 fully saturated rings. The topological polar surface area (TPSA) is 66.1 Å². The quantitative estimate of drug-likeness (QED) is 0.654. The molecule has 0 aliphatic carbocycles. The molecule has 1 N–H and O–H groups in total. The van der Waals surface area contributed by atoms with E-state index in [4.69, 9.17) is 15.1 Å². The summed E-state index contributed by atoms with van der Waals surface area (Å²) in [5.41, 5.74) is 0. The van der Waals surface area contributed by atoms with Crippen LogP contribution in [0.4, 0.5) is 0 Å². The lowest BCUT2D eigenvalue weighted by molar-refractivity contribution is 0.146. The molecule has 12 heavy (non-hydrogen) atoms. The Morgan fingerprint density at radius 3 is 3.08 bits per heavy atom. The van der Waals surface area contributed by atoms with E-state index in [9.17, 15) is 0 Å². The normalized spacial score (nSPS) is 11.7. The van der Waals surface area contributed by atoms with Crippen molar-refractivity contribution in [3.05, 3.63) is 24.4 Å². The van der Waals surface area contributed by atoms with Crippen molar-refractivity contribution in [1.29, 1.82) is 5.26 Å². The van der Waals surface area contributed by atoms with Gasteiger partial charge in [-0.05, 0) is 6.07 Å². The van der Waals surface area contributed by atoms with Gasteiger partial charge in [0.25, 0.3) is 0 Å². The van der Waals surface area contributed by atoms with Gasteiger partial charge in [0.15, 0.2) is 6.10 Å². The van der Waals surface area contributed by atoms with E-state index in [1.807, 2.05) is 0 Å². The van der Waals surface area contributed by atoms with E-state index in [1.165, 1.54) is 0 Å². The third-order valence-corrected chi connectivity index (χ3v) is 1.18. The van der Waals surface area contributed by atoms with Gasteiger partial charge in [0.2, 0.25) is 5.88 Å². The van der Waals surface area contributed by atoms with Crippen LogP contribution in [-0.4, -0.2) is 22.8 Å². The van der Waals surface area contributed by atoms with Crippen LogP contribution < -0.4 is 4.74 Å². The lowest BCUT2D eigenvalue weighted by atomic mass is 10.4. The summed E-state index contributed by atoms with van der Waals surface area (Å²) in [5, 5.41) is 17.0. The molecule has 0 bridgehead atoms. The van der Waals surface area contributed by atoms with Gasteiger partial charge >= 0.3 is 0 Å². The number of aliphatic hydroxyl groups excluding tert-OH is 1. The van der Waals surface area contributed by atoms with E-state index in [2.05, 4.69) is 4.98 Å². The molecule has 0 radical (unpaired) electrons. The van der Waals surface area contributed by atoms with Gasteiger partial charge in [0.05, 0.1) is 6.07 Å². The largest absolute Gasteiger partial charge is 0.474 e. The van der Waals surface area contributed by atoms with Gasteiger partial charge in [-0.3, -0.25) is 0 Å². The number of ether oxygens (including phenoxy) is 1. The molecule has 0 amide bonds. The molecule has 62 valence electrons. The molecule has 0 aromatic carbocycles. The first-order valence-corrected chi connectivity index (χ1v) is 3.44. The predicted molar refractivity (Wildman–Crippen MR) is 41.4 cm³/mol. The van der Waals surface area contributed by atoms with Crippen molar-refractivity contribution in [1.82, 2.24) is 4.98 Å². The van der Waals surface area contributed by atoms with Gasteiger partial charge in [-0.15, -0.1) is 0 Å². The number of aromatic nitrogens is 1. The number of hydrogen-bond donors (Lipinski definition) is 1. The fourth-order valence-electron chi connectivity index (χ4n) is 0.634. The zero-order chi connectivity index (χ0) is 8.81. The van der Waals surface area contributed by atoms with E-state index >= 15 is 0 Å². The SMILES string of the molecule is N#CC(O)COc1ccccn1. The van der Waals surface area contributed by atoms with E-state index in [0.717, 1.165) is 0 Å². The number of pyridine rings is 1. The third kappa shape index (κ3) is 2.56. The third-order valence-electron chi connectivity index (χ3n) is 1.18. The van der Waals surface area contributed by atoms with Gasteiger partial charge in [0.1, 0.15) is 6.61 Å². The summed E-state index contributed by atoms with van der Waals surface area (Å²) in [7, 11) is 0. The highest BCUT2D eigenvalue weighted by atomic mass is 16.5. The van der Waals surface area contributed by atoms with Crippen LogP contribution in [0.15, 0.2) is 24.4 Å². The molecule has 0 saturated heterocycles. The molecule has 1 heterocycles. The van der Waals surface area contributed by atoms with Gasteiger partial charge in [-0.1, -0.05) is 6.07 Å². The summed E-state index contributed by atoms with van der Waals surface area (Å²) in [4.78, 5) is 3.84. The predicted octanol–water partition coefficient (Wildman–Crippen LogP) is 0.345. The first-order chi connectivity index (χ1) is 5.83. The average molecular weight is 164 g/mol. The maximum atomic E-state index is 8.81. The van der Waals surface area contributed by atoms with E-state index in [-0.39, 0.29) is 6.61 Å². The van der Waals surface area contributed by atoms with E-state index < -0.39 is 6.10 Å². The lowest BCUT2D eigenvalue weighted by Gasteiger charge is -2.03. The molecule has 1 rings (SSSR count). The Hall–Kier alpha value is -1.60. The smallest absolute Gasteiger partial charge is 0.213 e. The molecule has 1 aromatic rings. The van der Waals surface area contributed by atoms with Crippen LogP contribution in [-0.2, 0) is 0 Å². The molecule has 0 aliphatic heterocycles. The number of nitriles is 1. The van der Waals surface area contributed by atoms with Gasteiger partial charge in [-0.25, -0.2) is 4.98 Å². The zero-order valence-corrected chi connectivity index (χ0v) is 6.34. The highest BCUT2D eigenvalue weighted by molar-refractivity contribution is 5.09. The molecule has 4 nitrogen and oxygen atoms in total. The van der Waals surface area contributed by atoms with E-state index in [0.29, 0.717) is 5.88 Å². The summed E-state index contributed by atoms with van der Waals surface area (Å²) in [6.07, 6.45) is 0.487. The molecule has 1 atom stereocenters. The lowest BCUT2D eigenvalue weighted by Crippen LogP contribution is -2.15. The van der Waals surface area contributed by atoms with Crippen molar-refractivity contribution in [3.8, 4) is 11.9 Å². The maximum Gasteiger partial charge on any atom is 0.213 e. The van der Waals surface area contributed by atoms with Crippen LogP contribution in [0.1, 0.15) is 0 Å². The first-order valence-electron chi connectivity index (χ1n) is 3.44. The molecule has 1 unspecified atom stereocenters. The van der Waals surface area contributed by atoms with Crippen molar-refractivity contribution >= 4 is 0 Å². The van der Waals surface area contributed by atoms with Crippen molar-refractivity contribution in [2.24, 2.45) is 0 Å². The number of nitrogens with zero attached hydrogens (tertiary/aromatic N) is 2. The molecular formula is C8H8N2O2. The van der Waals surface area contributed by atoms with Crippen LogP contribution in [0.3, 0.4) is 0 Å². The summed E-state index contributed by atoms with van der Waals surface area (Å²) in [6, 6.07) is 6.82. The summed E-state index contributed by atoms with van der Waals surface area (Å²) < 4.78 is 4.98. The fourth-order valence-corrected chi connectivity index (χ4v) is 0.634. The second kappa shape index (κ2) is 4.31. The second-order valence-corrected chi connectivity index (χ2v) is 2.12. The average Bonchev–Trinajstić information content (AvgIpc) is 2.16. The van der Waals surface area contributed by atoms with Crippen LogP contribution >= 0.6 is 0 Å². The Morgan fingerprint density at radius 2 is 2.50 bits per heavy atom. The molecule has 0 aliphatic rings.